The van der Waals surface area contributed by atoms with Crippen molar-refractivity contribution in [3.8, 4) is 0 Å². The lowest BCUT2D eigenvalue weighted by atomic mass is 10.1. The van der Waals surface area contributed by atoms with Crippen molar-refractivity contribution in [3.63, 3.8) is 0 Å². The first kappa shape index (κ1) is 13.4. The third-order valence-electron chi connectivity index (χ3n) is 3.95. The number of piperidine rings is 1. The van der Waals surface area contributed by atoms with E-state index < -0.39 is 0 Å². The van der Waals surface area contributed by atoms with Crippen molar-refractivity contribution in [2.75, 3.05) is 41.9 Å². The van der Waals surface area contributed by atoms with Crippen LogP contribution in [0.3, 0.4) is 0 Å². The molecule has 3 N–H and O–H groups in total. The van der Waals surface area contributed by atoms with Crippen LogP contribution in [0.5, 0.6) is 0 Å². The molecule has 1 aromatic rings. The molecular weight excluding hydrogens is 254 g/mol. The molecule has 0 bridgehead atoms. The van der Waals surface area contributed by atoms with Crippen LogP contribution in [0.25, 0.3) is 0 Å². The van der Waals surface area contributed by atoms with Crippen molar-refractivity contribution in [1.29, 1.82) is 0 Å². The lowest BCUT2D eigenvalue weighted by molar-refractivity contribution is 0.567. The number of nitrogen functional groups attached to an aromatic ring is 1. The highest BCUT2D eigenvalue weighted by molar-refractivity contribution is 5.44. The second-order valence-electron chi connectivity index (χ2n) is 5.77. The van der Waals surface area contributed by atoms with Gasteiger partial charge >= 0.3 is 0 Å². The summed E-state index contributed by atoms with van der Waals surface area (Å²) < 4.78 is 0. The molecule has 0 atom stereocenters. The summed E-state index contributed by atoms with van der Waals surface area (Å²) in [6.45, 7) is 3.03. The van der Waals surface area contributed by atoms with E-state index in [0.29, 0.717) is 11.9 Å². The Bertz CT molecular complexity index is 454. The Kier molecular flexibility index (Phi) is 3.86. The number of anilines is 3. The van der Waals surface area contributed by atoms with E-state index in [9.17, 15) is 0 Å². The fourth-order valence-electron chi connectivity index (χ4n) is 2.59. The van der Waals surface area contributed by atoms with Crippen molar-refractivity contribution < 1.29 is 0 Å². The first-order valence-electron chi connectivity index (χ1n) is 7.45. The maximum atomic E-state index is 5.49. The van der Waals surface area contributed by atoms with E-state index in [0.717, 1.165) is 31.5 Å². The molecule has 0 amide bonds. The molecule has 3 rings (SSSR count). The third-order valence-corrected chi connectivity index (χ3v) is 3.95. The molecule has 1 aliphatic heterocycles. The Labute approximate surface area is 119 Å². The molecule has 2 fully saturated rings. The molecule has 1 saturated carbocycles. The summed E-state index contributed by atoms with van der Waals surface area (Å²) in [5.74, 6) is 8.18. The number of hydrazine groups is 1. The Morgan fingerprint density at radius 1 is 1.20 bits per heavy atom. The number of rotatable bonds is 5. The summed E-state index contributed by atoms with van der Waals surface area (Å²) in [5, 5.41) is 0. The van der Waals surface area contributed by atoms with Gasteiger partial charge in [-0.1, -0.05) is 0 Å². The Balaban J connectivity index is 1.81. The number of hydrogen-bond donors (Lipinski definition) is 2. The summed E-state index contributed by atoms with van der Waals surface area (Å²) in [6, 6.07) is 0. The fourth-order valence-corrected chi connectivity index (χ4v) is 2.59. The minimum Gasteiger partial charge on any atom is -0.343 e. The van der Waals surface area contributed by atoms with Crippen LogP contribution in [0.4, 0.5) is 17.8 Å². The van der Waals surface area contributed by atoms with Gasteiger partial charge in [0.15, 0.2) is 0 Å². The van der Waals surface area contributed by atoms with Crippen LogP contribution in [0.1, 0.15) is 32.1 Å². The van der Waals surface area contributed by atoms with Crippen LogP contribution in [0.15, 0.2) is 0 Å². The monoisotopic (exact) mass is 277 g/mol. The summed E-state index contributed by atoms with van der Waals surface area (Å²) in [5.41, 5.74) is 2.56. The number of nitrogens with zero attached hydrogens (tertiary/aromatic N) is 5. The van der Waals surface area contributed by atoms with Gasteiger partial charge in [0.05, 0.1) is 0 Å². The Morgan fingerprint density at radius 2 is 1.95 bits per heavy atom. The molecule has 0 unspecified atom stereocenters. The second kappa shape index (κ2) is 5.78. The first-order valence-corrected chi connectivity index (χ1v) is 7.45. The molecule has 1 aliphatic carbocycles. The summed E-state index contributed by atoms with van der Waals surface area (Å²) >= 11 is 0. The second-order valence-corrected chi connectivity index (χ2v) is 5.77. The highest BCUT2D eigenvalue weighted by atomic mass is 15.4. The summed E-state index contributed by atoms with van der Waals surface area (Å²) in [7, 11) is 2.04. The molecule has 0 spiro atoms. The van der Waals surface area contributed by atoms with Crippen molar-refractivity contribution in [2.24, 2.45) is 11.8 Å². The summed E-state index contributed by atoms with van der Waals surface area (Å²) in [4.78, 5) is 17.7. The molecule has 7 heteroatoms. The highest BCUT2D eigenvalue weighted by Crippen LogP contribution is 2.30. The normalized spacial score (nSPS) is 19.0. The zero-order chi connectivity index (χ0) is 13.9. The van der Waals surface area contributed by atoms with Gasteiger partial charge in [0.25, 0.3) is 0 Å². The molecule has 0 radical (unpaired) electrons. The standard InChI is InChI=1S/C13H23N7/c1-19(9-10-5-6-10)12-15-11(18-14)16-13(17-12)20-7-3-2-4-8-20/h10H,2-9,14H2,1H3,(H,15,16,17,18). The van der Waals surface area contributed by atoms with Crippen LogP contribution in [-0.2, 0) is 0 Å². The smallest absolute Gasteiger partial charge is 0.243 e. The first-order chi connectivity index (χ1) is 9.76. The van der Waals surface area contributed by atoms with Gasteiger partial charge in [0, 0.05) is 26.7 Å². The fraction of sp³-hybridized carbons (Fsp3) is 0.769. The van der Waals surface area contributed by atoms with E-state index in [-0.39, 0.29) is 0 Å². The quantitative estimate of drug-likeness (QED) is 0.613. The van der Waals surface area contributed by atoms with E-state index in [1.165, 1.54) is 32.1 Å². The number of hydrogen-bond acceptors (Lipinski definition) is 7. The van der Waals surface area contributed by atoms with Crippen LogP contribution in [0, 0.1) is 5.92 Å². The van der Waals surface area contributed by atoms with Gasteiger partial charge in [-0.3, -0.25) is 5.43 Å². The molecular formula is C13H23N7. The van der Waals surface area contributed by atoms with Gasteiger partial charge < -0.3 is 9.80 Å². The SMILES string of the molecule is CN(CC1CC1)c1nc(NN)nc(N2CCCCC2)n1. The molecule has 1 saturated heterocycles. The van der Waals surface area contributed by atoms with Crippen molar-refractivity contribution in [3.05, 3.63) is 0 Å². The minimum absolute atomic E-state index is 0.443. The molecule has 1 aromatic heterocycles. The van der Waals surface area contributed by atoms with Gasteiger partial charge in [-0.05, 0) is 38.0 Å². The average molecular weight is 277 g/mol. The molecule has 2 heterocycles. The average Bonchev–Trinajstić information content (AvgIpc) is 3.31. The Morgan fingerprint density at radius 3 is 2.60 bits per heavy atom. The van der Waals surface area contributed by atoms with E-state index in [1.54, 1.807) is 0 Å². The van der Waals surface area contributed by atoms with Crippen LogP contribution in [-0.4, -0.2) is 41.6 Å². The van der Waals surface area contributed by atoms with E-state index in [4.69, 9.17) is 5.84 Å². The van der Waals surface area contributed by atoms with Gasteiger partial charge in [0.1, 0.15) is 0 Å². The lowest BCUT2D eigenvalue weighted by Crippen LogP contribution is -2.32. The van der Waals surface area contributed by atoms with Gasteiger partial charge in [-0.15, -0.1) is 0 Å². The largest absolute Gasteiger partial charge is 0.343 e. The maximum Gasteiger partial charge on any atom is 0.243 e. The van der Waals surface area contributed by atoms with E-state index in [1.807, 2.05) is 7.05 Å². The van der Waals surface area contributed by atoms with Crippen LogP contribution in [0.2, 0.25) is 0 Å². The van der Waals surface area contributed by atoms with Crippen LogP contribution >= 0.6 is 0 Å². The topological polar surface area (TPSA) is 83.2 Å². The number of aromatic nitrogens is 3. The predicted octanol–water partition coefficient (Wildman–Crippen LogP) is 0.994. The van der Waals surface area contributed by atoms with Gasteiger partial charge in [-0.25, -0.2) is 5.84 Å². The number of nitrogens with one attached hydrogen (secondary N) is 1. The Hall–Kier alpha value is -1.63. The third kappa shape index (κ3) is 3.09. The molecule has 7 nitrogen and oxygen atoms in total. The zero-order valence-electron chi connectivity index (χ0n) is 12.0. The maximum absolute atomic E-state index is 5.49. The van der Waals surface area contributed by atoms with Crippen molar-refractivity contribution >= 4 is 17.8 Å². The van der Waals surface area contributed by atoms with Crippen molar-refractivity contribution in [2.45, 2.75) is 32.1 Å². The summed E-state index contributed by atoms with van der Waals surface area (Å²) in [6.07, 6.45) is 6.32. The highest BCUT2D eigenvalue weighted by Gasteiger charge is 2.25. The number of nitrogens with two attached hydrogens (primary N) is 1. The molecule has 110 valence electrons. The van der Waals surface area contributed by atoms with Gasteiger partial charge in [0.2, 0.25) is 17.8 Å². The molecule has 0 aromatic carbocycles. The van der Waals surface area contributed by atoms with Crippen molar-refractivity contribution in [1.82, 2.24) is 15.0 Å². The predicted molar refractivity (Wildman–Crippen MR) is 79.7 cm³/mol. The minimum atomic E-state index is 0.443. The van der Waals surface area contributed by atoms with E-state index in [2.05, 4.69) is 30.2 Å². The molecule has 2 aliphatic rings. The zero-order valence-corrected chi connectivity index (χ0v) is 12.0. The molecule has 20 heavy (non-hydrogen) atoms. The van der Waals surface area contributed by atoms with Gasteiger partial charge in [-0.2, -0.15) is 15.0 Å². The van der Waals surface area contributed by atoms with Crippen LogP contribution < -0.4 is 21.1 Å². The lowest BCUT2D eigenvalue weighted by Gasteiger charge is -2.27. The van der Waals surface area contributed by atoms with E-state index >= 15 is 0 Å².